The molecule has 7 nitrogen and oxygen atoms in total. The molecule has 1 saturated heterocycles. The maximum absolute atomic E-state index is 12.6. The maximum Gasteiger partial charge on any atom is 0.355 e. The van der Waals surface area contributed by atoms with Gasteiger partial charge in [-0.25, -0.2) is 13.2 Å². The standard InChI is InChI=1S/C16H22N2O5S/c19-15(10-23-16(20)14-6-3-8-17-14)18(12-4-1-2-5-12)13-7-9-24(21,22)11-13/h3,6,8,12-13,17H,1-2,4-5,7,9-11H2/t13-/m0/s1. The number of hydrogen-bond acceptors (Lipinski definition) is 5. The van der Waals surface area contributed by atoms with E-state index in [0.717, 1.165) is 25.7 Å². The van der Waals surface area contributed by atoms with E-state index in [1.165, 1.54) is 0 Å². The van der Waals surface area contributed by atoms with Gasteiger partial charge in [0.15, 0.2) is 16.4 Å². The summed E-state index contributed by atoms with van der Waals surface area (Å²) in [5.41, 5.74) is 0.290. The van der Waals surface area contributed by atoms with Gasteiger partial charge in [-0.15, -0.1) is 0 Å². The first kappa shape index (κ1) is 17.0. The largest absolute Gasteiger partial charge is 0.451 e. The summed E-state index contributed by atoms with van der Waals surface area (Å²) < 4.78 is 28.6. The van der Waals surface area contributed by atoms with Crippen molar-refractivity contribution < 1.29 is 22.7 Å². The Labute approximate surface area is 141 Å². The summed E-state index contributed by atoms with van der Waals surface area (Å²) in [6.45, 7) is -0.356. The highest BCUT2D eigenvalue weighted by atomic mass is 32.2. The third-order valence-corrected chi connectivity index (χ3v) is 6.50. The minimum atomic E-state index is -3.08. The molecule has 0 spiro atoms. The smallest absolute Gasteiger partial charge is 0.355 e. The quantitative estimate of drug-likeness (QED) is 0.800. The highest BCUT2D eigenvalue weighted by molar-refractivity contribution is 7.91. The number of nitrogens with one attached hydrogen (secondary N) is 1. The van der Waals surface area contributed by atoms with Crippen LogP contribution in [0.2, 0.25) is 0 Å². The first-order valence-electron chi connectivity index (χ1n) is 8.28. The van der Waals surface area contributed by atoms with Gasteiger partial charge in [-0.3, -0.25) is 4.79 Å². The van der Waals surface area contributed by atoms with Gasteiger partial charge in [-0.05, 0) is 31.4 Å². The molecule has 1 saturated carbocycles. The van der Waals surface area contributed by atoms with E-state index in [0.29, 0.717) is 12.1 Å². The second-order valence-electron chi connectivity index (χ2n) is 6.46. The molecule has 1 aromatic heterocycles. The number of carbonyl (C=O) groups excluding carboxylic acids is 2. The van der Waals surface area contributed by atoms with Crippen LogP contribution in [0.15, 0.2) is 18.3 Å². The number of carbonyl (C=O) groups is 2. The van der Waals surface area contributed by atoms with Crippen LogP contribution < -0.4 is 0 Å². The number of esters is 1. The van der Waals surface area contributed by atoms with Crippen LogP contribution in [0.4, 0.5) is 0 Å². The Kier molecular flexibility index (Phi) is 4.93. The van der Waals surface area contributed by atoms with Crippen molar-refractivity contribution in [2.24, 2.45) is 0 Å². The van der Waals surface area contributed by atoms with E-state index in [-0.39, 0.29) is 36.1 Å². The van der Waals surface area contributed by atoms with Crippen molar-refractivity contribution >= 4 is 21.7 Å². The molecule has 1 aliphatic carbocycles. The Bertz CT molecular complexity index is 692. The van der Waals surface area contributed by atoms with E-state index in [2.05, 4.69) is 4.98 Å². The molecule has 0 radical (unpaired) electrons. The van der Waals surface area contributed by atoms with Crippen LogP contribution in [-0.4, -0.2) is 60.4 Å². The molecule has 1 N–H and O–H groups in total. The topological polar surface area (TPSA) is 96.5 Å². The van der Waals surface area contributed by atoms with Gasteiger partial charge in [-0.2, -0.15) is 0 Å². The Morgan fingerprint density at radius 1 is 1.21 bits per heavy atom. The average Bonchev–Trinajstić information content (AvgIpc) is 3.26. The van der Waals surface area contributed by atoms with Crippen LogP contribution in [0.5, 0.6) is 0 Å². The second kappa shape index (κ2) is 6.96. The second-order valence-corrected chi connectivity index (χ2v) is 8.68. The molecule has 2 fully saturated rings. The monoisotopic (exact) mass is 354 g/mol. The van der Waals surface area contributed by atoms with Crippen LogP contribution >= 0.6 is 0 Å². The normalized spacial score (nSPS) is 23.2. The van der Waals surface area contributed by atoms with Crippen molar-refractivity contribution in [3.8, 4) is 0 Å². The van der Waals surface area contributed by atoms with Crippen LogP contribution in [0, 0.1) is 0 Å². The van der Waals surface area contributed by atoms with E-state index < -0.39 is 15.8 Å². The number of nitrogens with zero attached hydrogens (tertiary/aromatic N) is 1. The molecule has 1 amide bonds. The highest BCUT2D eigenvalue weighted by Crippen LogP contribution is 2.29. The molecule has 3 rings (SSSR count). The fourth-order valence-corrected chi connectivity index (χ4v) is 5.33. The molecule has 0 unspecified atom stereocenters. The summed E-state index contributed by atoms with van der Waals surface area (Å²) in [5, 5.41) is 0. The van der Waals surface area contributed by atoms with E-state index in [9.17, 15) is 18.0 Å². The Balaban J connectivity index is 1.66. The van der Waals surface area contributed by atoms with E-state index in [4.69, 9.17) is 4.74 Å². The third kappa shape index (κ3) is 3.80. The van der Waals surface area contributed by atoms with Crippen molar-refractivity contribution in [3.05, 3.63) is 24.0 Å². The van der Waals surface area contributed by atoms with E-state index in [1.807, 2.05) is 0 Å². The minimum Gasteiger partial charge on any atom is -0.451 e. The van der Waals surface area contributed by atoms with Gasteiger partial charge in [-0.1, -0.05) is 12.8 Å². The summed E-state index contributed by atoms with van der Waals surface area (Å²) in [7, 11) is -3.08. The molecule has 24 heavy (non-hydrogen) atoms. The molecule has 0 aromatic carbocycles. The molecule has 0 bridgehead atoms. The molecule has 1 aliphatic heterocycles. The van der Waals surface area contributed by atoms with Crippen LogP contribution in [0.3, 0.4) is 0 Å². The van der Waals surface area contributed by atoms with Gasteiger partial charge < -0.3 is 14.6 Å². The lowest BCUT2D eigenvalue weighted by molar-refractivity contribution is -0.139. The van der Waals surface area contributed by atoms with Gasteiger partial charge in [0.25, 0.3) is 5.91 Å². The number of sulfone groups is 1. The van der Waals surface area contributed by atoms with Crippen molar-refractivity contribution in [2.75, 3.05) is 18.1 Å². The zero-order valence-corrected chi connectivity index (χ0v) is 14.3. The molecule has 8 heteroatoms. The van der Waals surface area contributed by atoms with Gasteiger partial charge >= 0.3 is 5.97 Å². The number of amides is 1. The summed E-state index contributed by atoms with van der Waals surface area (Å²) >= 11 is 0. The predicted octanol–water partition coefficient (Wildman–Crippen LogP) is 1.13. The van der Waals surface area contributed by atoms with Crippen LogP contribution in [-0.2, 0) is 19.4 Å². The first-order chi connectivity index (χ1) is 11.5. The highest BCUT2D eigenvalue weighted by Gasteiger charge is 2.39. The molecule has 2 aliphatic rings. The van der Waals surface area contributed by atoms with Crippen molar-refractivity contribution in [1.29, 1.82) is 0 Å². The fourth-order valence-electron chi connectivity index (χ4n) is 3.62. The Hall–Kier alpha value is -1.83. The lowest BCUT2D eigenvalue weighted by Crippen LogP contribution is -2.48. The SMILES string of the molecule is O=C(OCC(=O)N(C1CCCC1)[C@H]1CCS(=O)(=O)C1)c1ccc[nH]1. The van der Waals surface area contributed by atoms with E-state index >= 15 is 0 Å². The lowest BCUT2D eigenvalue weighted by Gasteiger charge is -2.33. The minimum absolute atomic E-state index is 0.0137. The van der Waals surface area contributed by atoms with Crippen molar-refractivity contribution in [2.45, 2.75) is 44.2 Å². The molecular formula is C16H22N2O5S. The van der Waals surface area contributed by atoms with Gasteiger partial charge in [0.2, 0.25) is 0 Å². The molecule has 1 atom stereocenters. The summed E-state index contributed by atoms with van der Waals surface area (Å²) in [5.74, 6) is -0.751. The molecule has 132 valence electrons. The number of aromatic amines is 1. The zero-order chi connectivity index (χ0) is 17.2. The summed E-state index contributed by atoms with van der Waals surface area (Å²) in [6, 6.07) is 3.01. The Morgan fingerprint density at radius 2 is 1.96 bits per heavy atom. The number of H-pyrrole nitrogens is 1. The molecule has 1 aromatic rings. The van der Waals surface area contributed by atoms with Gasteiger partial charge in [0, 0.05) is 18.3 Å². The predicted molar refractivity (Wildman–Crippen MR) is 87.2 cm³/mol. The lowest BCUT2D eigenvalue weighted by atomic mass is 10.1. The van der Waals surface area contributed by atoms with Gasteiger partial charge in [0.1, 0.15) is 5.69 Å². The fraction of sp³-hybridized carbons (Fsp3) is 0.625. The van der Waals surface area contributed by atoms with Crippen LogP contribution in [0.25, 0.3) is 0 Å². The number of rotatable bonds is 5. The van der Waals surface area contributed by atoms with Gasteiger partial charge in [0.05, 0.1) is 11.5 Å². The summed E-state index contributed by atoms with van der Waals surface area (Å²) in [4.78, 5) is 28.9. The number of hydrogen-bond donors (Lipinski definition) is 1. The zero-order valence-electron chi connectivity index (χ0n) is 13.4. The molecular weight excluding hydrogens is 332 g/mol. The van der Waals surface area contributed by atoms with Crippen molar-refractivity contribution in [1.82, 2.24) is 9.88 Å². The molecule has 2 heterocycles. The van der Waals surface area contributed by atoms with Crippen LogP contribution in [0.1, 0.15) is 42.6 Å². The Morgan fingerprint density at radius 3 is 2.54 bits per heavy atom. The third-order valence-electron chi connectivity index (χ3n) is 4.75. The summed E-state index contributed by atoms with van der Waals surface area (Å²) in [6.07, 6.45) is 5.91. The average molecular weight is 354 g/mol. The van der Waals surface area contributed by atoms with Crippen molar-refractivity contribution in [3.63, 3.8) is 0 Å². The maximum atomic E-state index is 12.6. The number of ether oxygens (including phenoxy) is 1. The first-order valence-corrected chi connectivity index (χ1v) is 10.1. The van der Waals surface area contributed by atoms with E-state index in [1.54, 1.807) is 23.2 Å². The number of aromatic nitrogens is 1.